The summed E-state index contributed by atoms with van der Waals surface area (Å²) in [5.74, 6) is 0. The van der Waals surface area contributed by atoms with Crippen molar-refractivity contribution in [3.8, 4) is 0 Å². The number of aromatic nitrogens is 1. The maximum atomic E-state index is 11.1. The minimum atomic E-state index is -3.19. The van der Waals surface area contributed by atoms with Crippen molar-refractivity contribution >= 4 is 9.84 Å². The molecule has 0 atom stereocenters. The van der Waals surface area contributed by atoms with E-state index >= 15 is 0 Å². The minimum absolute atomic E-state index is 0.0951. The van der Waals surface area contributed by atoms with E-state index in [4.69, 9.17) is 4.74 Å². The molecule has 0 spiro atoms. The number of hydrogen-bond donors (Lipinski definition) is 0. The van der Waals surface area contributed by atoms with Crippen molar-refractivity contribution in [2.45, 2.75) is 18.6 Å². The molecule has 0 fully saturated rings. The Morgan fingerprint density at radius 1 is 1.43 bits per heavy atom. The van der Waals surface area contributed by atoms with Crippen LogP contribution in [-0.4, -0.2) is 26.3 Å². The van der Waals surface area contributed by atoms with Crippen LogP contribution < -0.4 is 0 Å². The molecule has 0 amide bonds. The minimum Gasteiger partial charge on any atom is -0.377 e. The van der Waals surface area contributed by atoms with Crippen molar-refractivity contribution in [3.63, 3.8) is 0 Å². The highest BCUT2D eigenvalue weighted by molar-refractivity contribution is 7.90. The first kappa shape index (κ1) is 11.1. The Balaban J connectivity index is 2.79. The van der Waals surface area contributed by atoms with Gasteiger partial charge in [-0.2, -0.15) is 0 Å². The molecule has 0 saturated carbocycles. The summed E-state index contributed by atoms with van der Waals surface area (Å²) in [6, 6.07) is 3.20. The van der Waals surface area contributed by atoms with E-state index < -0.39 is 9.84 Å². The lowest BCUT2D eigenvalue weighted by atomic mass is 10.3. The maximum absolute atomic E-state index is 11.1. The highest BCUT2D eigenvalue weighted by Crippen LogP contribution is 2.06. The summed E-state index contributed by atoms with van der Waals surface area (Å²) >= 11 is 0. The number of hydrogen-bond acceptors (Lipinski definition) is 4. The molecule has 0 radical (unpaired) electrons. The molecule has 5 heteroatoms. The van der Waals surface area contributed by atoms with Crippen molar-refractivity contribution in [3.05, 3.63) is 23.9 Å². The number of pyridine rings is 1. The summed E-state index contributed by atoms with van der Waals surface area (Å²) in [4.78, 5) is 3.83. The molecule has 0 aliphatic carbocycles. The lowest BCUT2D eigenvalue weighted by Crippen LogP contribution is -2.01. The van der Waals surface area contributed by atoms with Crippen LogP contribution in [0, 0.1) is 0 Å². The average Bonchev–Trinajstić information content (AvgIpc) is 2.14. The van der Waals surface area contributed by atoms with Gasteiger partial charge in [-0.3, -0.25) is 0 Å². The van der Waals surface area contributed by atoms with Gasteiger partial charge in [-0.25, -0.2) is 13.4 Å². The largest absolute Gasteiger partial charge is 0.377 e. The van der Waals surface area contributed by atoms with Crippen molar-refractivity contribution in [2.24, 2.45) is 0 Å². The Morgan fingerprint density at radius 2 is 2.14 bits per heavy atom. The second kappa shape index (κ2) is 4.52. The quantitative estimate of drug-likeness (QED) is 0.752. The first-order valence-electron chi connectivity index (χ1n) is 4.26. The summed E-state index contributed by atoms with van der Waals surface area (Å²) in [5.41, 5.74) is 0.874. The molecule has 0 aliphatic heterocycles. The molecule has 0 N–H and O–H groups in total. The van der Waals surface area contributed by atoms with Gasteiger partial charge in [-0.05, 0) is 18.6 Å². The zero-order valence-electron chi connectivity index (χ0n) is 8.23. The highest BCUT2D eigenvalue weighted by atomic mass is 32.2. The van der Waals surface area contributed by atoms with Gasteiger partial charge in [0, 0.05) is 19.1 Å². The predicted octanol–water partition coefficient (Wildman–Crippen LogP) is 1.02. The van der Waals surface area contributed by atoms with Crippen molar-refractivity contribution in [1.29, 1.82) is 0 Å². The molecular weight excluding hydrogens is 202 g/mol. The highest BCUT2D eigenvalue weighted by Gasteiger charge is 2.07. The van der Waals surface area contributed by atoms with Gasteiger partial charge in [0.25, 0.3) is 0 Å². The predicted molar refractivity (Wildman–Crippen MR) is 52.7 cm³/mol. The Bertz CT molecular complexity index is 383. The third kappa shape index (κ3) is 3.08. The number of ether oxygens (including phenoxy) is 1. The Kier molecular flexibility index (Phi) is 3.60. The lowest BCUT2D eigenvalue weighted by Gasteiger charge is -2.01. The summed E-state index contributed by atoms with van der Waals surface area (Å²) < 4.78 is 27.3. The number of nitrogens with zero attached hydrogens (tertiary/aromatic N) is 1. The van der Waals surface area contributed by atoms with Crippen LogP contribution >= 0.6 is 0 Å². The lowest BCUT2D eigenvalue weighted by molar-refractivity contribution is 0.134. The fourth-order valence-corrected chi connectivity index (χ4v) is 1.49. The van der Waals surface area contributed by atoms with Crippen LogP contribution in [0.1, 0.15) is 12.5 Å². The molecule has 1 aromatic heterocycles. The normalized spacial score (nSPS) is 11.6. The SMILES string of the molecule is CCOCc1ccc(S(C)(=O)=O)nc1. The first-order chi connectivity index (χ1) is 6.54. The number of rotatable bonds is 4. The molecule has 4 nitrogen and oxygen atoms in total. The van der Waals surface area contributed by atoms with Gasteiger partial charge in [-0.15, -0.1) is 0 Å². The molecule has 0 unspecified atom stereocenters. The van der Waals surface area contributed by atoms with Gasteiger partial charge in [-0.1, -0.05) is 6.07 Å². The Morgan fingerprint density at radius 3 is 2.57 bits per heavy atom. The zero-order valence-corrected chi connectivity index (χ0v) is 9.04. The smallest absolute Gasteiger partial charge is 0.192 e. The van der Waals surface area contributed by atoms with E-state index in [0.29, 0.717) is 13.2 Å². The standard InChI is InChI=1S/C9H13NO3S/c1-3-13-7-8-4-5-9(10-6-8)14(2,11)12/h4-6H,3,7H2,1-2H3. The fourth-order valence-electron chi connectivity index (χ4n) is 0.936. The molecular formula is C9H13NO3S. The van der Waals surface area contributed by atoms with Crippen LogP contribution in [0.4, 0.5) is 0 Å². The summed E-state index contributed by atoms with van der Waals surface area (Å²) in [6.45, 7) is 3.00. The van der Waals surface area contributed by atoms with Crippen LogP contribution in [0.2, 0.25) is 0 Å². The third-order valence-corrected chi connectivity index (χ3v) is 2.65. The van der Waals surface area contributed by atoms with E-state index in [1.54, 1.807) is 6.07 Å². The van der Waals surface area contributed by atoms with E-state index in [2.05, 4.69) is 4.98 Å². The van der Waals surface area contributed by atoms with Gasteiger partial charge < -0.3 is 4.74 Å². The summed E-state index contributed by atoms with van der Waals surface area (Å²) in [6.07, 6.45) is 2.66. The van der Waals surface area contributed by atoms with E-state index in [1.807, 2.05) is 6.92 Å². The van der Waals surface area contributed by atoms with Crippen LogP contribution in [0.5, 0.6) is 0 Å². The molecule has 14 heavy (non-hydrogen) atoms. The van der Waals surface area contributed by atoms with Crippen LogP contribution in [0.15, 0.2) is 23.4 Å². The topological polar surface area (TPSA) is 56.3 Å². The van der Waals surface area contributed by atoms with E-state index in [-0.39, 0.29) is 5.03 Å². The average molecular weight is 215 g/mol. The molecule has 0 aromatic carbocycles. The van der Waals surface area contributed by atoms with Crippen LogP contribution in [0.25, 0.3) is 0 Å². The molecule has 0 aliphatic rings. The summed E-state index contributed by atoms with van der Waals surface area (Å²) in [7, 11) is -3.19. The van der Waals surface area contributed by atoms with E-state index in [9.17, 15) is 8.42 Å². The first-order valence-corrected chi connectivity index (χ1v) is 6.16. The van der Waals surface area contributed by atoms with Crippen LogP contribution in [0.3, 0.4) is 0 Å². The van der Waals surface area contributed by atoms with Crippen LogP contribution in [-0.2, 0) is 21.2 Å². The second-order valence-corrected chi connectivity index (χ2v) is 4.88. The fraction of sp³-hybridized carbons (Fsp3) is 0.444. The van der Waals surface area contributed by atoms with E-state index in [0.717, 1.165) is 11.8 Å². The van der Waals surface area contributed by atoms with Crippen molar-refractivity contribution < 1.29 is 13.2 Å². The molecule has 1 heterocycles. The second-order valence-electron chi connectivity index (χ2n) is 2.91. The van der Waals surface area contributed by atoms with Gasteiger partial charge in [0.05, 0.1) is 6.61 Å². The molecule has 0 bridgehead atoms. The van der Waals surface area contributed by atoms with Gasteiger partial charge in [0.1, 0.15) is 0 Å². The Hall–Kier alpha value is -0.940. The van der Waals surface area contributed by atoms with E-state index in [1.165, 1.54) is 12.3 Å². The van der Waals surface area contributed by atoms with Gasteiger partial charge in [0.15, 0.2) is 14.9 Å². The monoisotopic (exact) mass is 215 g/mol. The van der Waals surface area contributed by atoms with Crippen molar-refractivity contribution in [2.75, 3.05) is 12.9 Å². The maximum Gasteiger partial charge on any atom is 0.192 e. The van der Waals surface area contributed by atoms with Gasteiger partial charge in [0.2, 0.25) is 0 Å². The molecule has 1 aromatic rings. The molecule has 0 saturated heterocycles. The molecule has 1 rings (SSSR count). The van der Waals surface area contributed by atoms with Gasteiger partial charge >= 0.3 is 0 Å². The number of sulfone groups is 1. The summed E-state index contributed by atoms with van der Waals surface area (Å²) in [5, 5.41) is 0.0951. The Labute approximate surface area is 83.8 Å². The molecule has 78 valence electrons. The van der Waals surface area contributed by atoms with Crippen molar-refractivity contribution in [1.82, 2.24) is 4.98 Å². The third-order valence-electron chi connectivity index (χ3n) is 1.65. The zero-order chi connectivity index (χ0) is 10.6.